The number of nitrogens with two attached hydrogens (primary N) is 1. The highest BCUT2D eigenvalue weighted by Gasteiger charge is 2.20. The van der Waals surface area contributed by atoms with E-state index in [1.165, 1.54) is 5.56 Å². The molecule has 4 N–H and O–H groups in total. The minimum Gasteiger partial charge on any atom is -0.354 e. The van der Waals surface area contributed by atoms with E-state index in [1.807, 2.05) is 49.7 Å². The van der Waals surface area contributed by atoms with Crippen molar-refractivity contribution < 1.29 is 9.59 Å². The third-order valence-corrected chi connectivity index (χ3v) is 4.05. The molecule has 2 rings (SSSR count). The maximum atomic E-state index is 12.1. The van der Waals surface area contributed by atoms with Gasteiger partial charge in [-0.25, -0.2) is 4.98 Å². The van der Waals surface area contributed by atoms with Crippen molar-refractivity contribution in [3.05, 3.63) is 54.1 Å². The van der Waals surface area contributed by atoms with Gasteiger partial charge in [-0.15, -0.1) is 0 Å². The van der Waals surface area contributed by atoms with Gasteiger partial charge in [0.25, 0.3) is 0 Å². The number of nitrogens with zero attached hydrogens (tertiary/aromatic N) is 2. The molecule has 0 bridgehead atoms. The maximum absolute atomic E-state index is 12.1. The Bertz CT molecular complexity index is 749. The summed E-state index contributed by atoms with van der Waals surface area (Å²) in [5.74, 6) is -0.303. The molecule has 1 heterocycles. The van der Waals surface area contributed by atoms with Crippen LogP contribution in [0.15, 0.2) is 42.9 Å². The van der Waals surface area contributed by atoms with Crippen LogP contribution in [0.5, 0.6) is 0 Å². The zero-order valence-electron chi connectivity index (χ0n) is 16.2. The van der Waals surface area contributed by atoms with E-state index >= 15 is 0 Å². The first-order chi connectivity index (χ1) is 12.8. The summed E-state index contributed by atoms with van der Waals surface area (Å²) in [5.41, 5.74) is 7.48. The van der Waals surface area contributed by atoms with Crippen LogP contribution in [-0.4, -0.2) is 40.5 Å². The van der Waals surface area contributed by atoms with Crippen molar-refractivity contribution in [2.75, 3.05) is 13.1 Å². The quantitative estimate of drug-likeness (QED) is 0.604. The second-order valence-electron chi connectivity index (χ2n) is 7.63. The monoisotopic (exact) mass is 371 g/mol. The Morgan fingerprint density at radius 3 is 2.48 bits per heavy atom. The van der Waals surface area contributed by atoms with E-state index < -0.39 is 11.5 Å². The molecule has 1 aromatic heterocycles. The zero-order chi connectivity index (χ0) is 19.9. The molecule has 0 aliphatic carbocycles. The van der Waals surface area contributed by atoms with Gasteiger partial charge in [0.05, 0.1) is 18.1 Å². The number of rotatable bonds is 8. The minimum absolute atomic E-state index is 0.0509. The number of imidazole rings is 1. The predicted octanol–water partition coefficient (Wildman–Crippen LogP) is 1.08. The lowest BCUT2D eigenvalue weighted by Gasteiger charge is -2.18. The number of hydrogen-bond donors (Lipinski definition) is 3. The summed E-state index contributed by atoms with van der Waals surface area (Å²) >= 11 is 0. The molecular formula is C20H29N5O2. The lowest BCUT2D eigenvalue weighted by atomic mass is 9.96. The van der Waals surface area contributed by atoms with Crippen molar-refractivity contribution >= 4 is 11.8 Å². The van der Waals surface area contributed by atoms with E-state index in [0.29, 0.717) is 19.5 Å². The van der Waals surface area contributed by atoms with Gasteiger partial charge < -0.3 is 20.9 Å². The van der Waals surface area contributed by atoms with Gasteiger partial charge in [-0.2, -0.15) is 0 Å². The first-order valence-corrected chi connectivity index (χ1v) is 9.12. The molecule has 0 unspecified atom stereocenters. The molecule has 146 valence electrons. The van der Waals surface area contributed by atoms with E-state index in [4.69, 9.17) is 5.73 Å². The van der Waals surface area contributed by atoms with Gasteiger partial charge in [0.1, 0.15) is 0 Å². The summed E-state index contributed by atoms with van der Waals surface area (Å²) in [5, 5.41) is 5.53. The lowest BCUT2D eigenvalue weighted by Crippen LogP contribution is -2.45. The number of carbonyl (C=O) groups excluding carboxylic acids is 2. The van der Waals surface area contributed by atoms with E-state index in [9.17, 15) is 9.59 Å². The molecule has 0 radical (unpaired) electrons. The van der Waals surface area contributed by atoms with Crippen molar-refractivity contribution in [3.63, 3.8) is 0 Å². The highest BCUT2D eigenvalue weighted by Crippen LogP contribution is 2.11. The number of benzene rings is 1. The van der Waals surface area contributed by atoms with Gasteiger partial charge in [0.15, 0.2) is 0 Å². The lowest BCUT2D eigenvalue weighted by molar-refractivity contribution is -0.128. The van der Waals surface area contributed by atoms with Crippen molar-refractivity contribution in [1.82, 2.24) is 20.2 Å². The number of hydrogen-bond acceptors (Lipinski definition) is 4. The summed E-state index contributed by atoms with van der Waals surface area (Å²) in [4.78, 5) is 28.2. The average molecular weight is 371 g/mol. The molecule has 7 heteroatoms. The largest absolute Gasteiger partial charge is 0.354 e. The van der Waals surface area contributed by atoms with Gasteiger partial charge in [0, 0.05) is 37.7 Å². The smallest absolute Gasteiger partial charge is 0.237 e. The molecule has 7 nitrogen and oxygen atoms in total. The first kappa shape index (κ1) is 20.6. The van der Waals surface area contributed by atoms with Crippen LogP contribution in [0.4, 0.5) is 0 Å². The van der Waals surface area contributed by atoms with Gasteiger partial charge in [0.2, 0.25) is 11.8 Å². The molecule has 1 atom stereocenters. The van der Waals surface area contributed by atoms with Crippen LogP contribution in [-0.2, 0) is 22.6 Å². The summed E-state index contributed by atoms with van der Waals surface area (Å²) in [6.07, 6.45) is 4.01. The van der Waals surface area contributed by atoms with E-state index in [0.717, 1.165) is 12.2 Å². The molecule has 0 aliphatic rings. The van der Waals surface area contributed by atoms with Crippen LogP contribution < -0.4 is 16.4 Å². The molecule has 1 aromatic carbocycles. The van der Waals surface area contributed by atoms with Crippen molar-refractivity contribution in [1.29, 1.82) is 0 Å². The summed E-state index contributed by atoms with van der Waals surface area (Å²) < 4.78 is 1.97. The topological polar surface area (TPSA) is 102 Å². The molecular weight excluding hydrogens is 342 g/mol. The first-order valence-electron chi connectivity index (χ1n) is 9.12. The predicted molar refractivity (Wildman–Crippen MR) is 105 cm³/mol. The molecule has 0 spiro atoms. The fourth-order valence-electron chi connectivity index (χ4n) is 2.47. The summed E-state index contributed by atoms with van der Waals surface area (Å²) in [7, 11) is 0. The summed E-state index contributed by atoms with van der Waals surface area (Å²) in [6.45, 7) is 6.97. The Morgan fingerprint density at radius 1 is 1.15 bits per heavy atom. The van der Waals surface area contributed by atoms with Crippen molar-refractivity contribution in [2.45, 2.75) is 39.8 Å². The van der Waals surface area contributed by atoms with Crippen LogP contribution >= 0.6 is 0 Å². The average Bonchev–Trinajstić information content (AvgIpc) is 3.05. The van der Waals surface area contributed by atoms with E-state index in [2.05, 4.69) is 27.8 Å². The molecule has 2 aromatic rings. The van der Waals surface area contributed by atoms with Crippen LogP contribution in [0.1, 0.15) is 32.0 Å². The number of aromatic nitrogens is 2. The second kappa shape index (κ2) is 9.32. The Kier molecular flexibility index (Phi) is 7.12. The number of carbonyl (C=O) groups is 2. The third kappa shape index (κ3) is 6.86. The molecule has 0 saturated heterocycles. The molecule has 0 aliphatic heterocycles. The normalized spacial score (nSPS) is 12.4. The van der Waals surface area contributed by atoms with Crippen molar-refractivity contribution in [2.24, 2.45) is 11.1 Å². The van der Waals surface area contributed by atoms with E-state index in [1.54, 1.807) is 6.33 Å². The molecule has 0 saturated carbocycles. The minimum atomic E-state index is -0.677. The second-order valence-corrected chi connectivity index (χ2v) is 7.63. The Hall–Kier alpha value is -2.67. The summed E-state index contributed by atoms with van der Waals surface area (Å²) in [6, 6.07) is 9.40. The fraction of sp³-hybridized carbons (Fsp3) is 0.450. The fourth-order valence-corrected chi connectivity index (χ4v) is 2.47. The van der Waals surface area contributed by atoms with Gasteiger partial charge >= 0.3 is 0 Å². The molecule has 27 heavy (non-hydrogen) atoms. The van der Waals surface area contributed by atoms with Crippen molar-refractivity contribution in [3.8, 4) is 0 Å². The highest BCUT2D eigenvalue weighted by atomic mass is 16.2. The third-order valence-electron chi connectivity index (χ3n) is 4.05. The Morgan fingerprint density at radius 2 is 1.81 bits per heavy atom. The molecule has 2 amide bonds. The standard InChI is InChI=1S/C20H29N5O2/c1-20(2,3)19(27)23-10-9-22-18(26)17(21)11-16-13-25(14-24-16)12-15-7-5-4-6-8-15/h4-8,13-14,17H,9-12,21H2,1-3H3,(H,22,26)(H,23,27)/t17-/m0/s1. The highest BCUT2D eigenvalue weighted by molar-refractivity contribution is 5.82. The maximum Gasteiger partial charge on any atom is 0.237 e. The van der Waals surface area contributed by atoms with Gasteiger partial charge in [-0.3, -0.25) is 9.59 Å². The van der Waals surface area contributed by atoms with E-state index in [-0.39, 0.29) is 11.8 Å². The molecule has 0 fully saturated rings. The zero-order valence-corrected chi connectivity index (χ0v) is 16.2. The Balaban J connectivity index is 1.74. The SMILES string of the molecule is CC(C)(C)C(=O)NCCNC(=O)[C@@H](N)Cc1cn(Cc2ccccc2)cn1. The van der Waals surface area contributed by atoms with Gasteiger partial charge in [-0.1, -0.05) is 51.1 Å². The van der Waals surface area contributed by atoms with Crippen LogP contribution in [0.3, 0.4) is 0 Å². The van der Waals surface area contributed by atoms with Gasteiger partial charge in [-0.05, 0) is 5.56 Å². The van der Waals surface area contributed by atoms with Crippen LogP contribution in [0.2, 0.25) is 0 Å². The van der Waals surface area contributed by atoms with Crippen LogP contribution in [0, 0.1) is 5.41 Å². The Labute approximate surface area is 160 Å². The number of amides is 2. The van der Waals surface area contributed by atoms with Crippen LogP contribution in [0.25, 0.3) is 0 Å². The number of nitrogens with one attached hydrogen (secondary N) is 2.